The molecule has 0 unspecified atom stereocenters. The Morgan fingerprint density at radius 3 is 2.33 bits per heavy atom. The second-order valence-electron chi connectivity index (χ2n) is 9.98. The summed E-state index contributed by atoms with van der Waals surface area (Å²) in [7, 11) is 4.60. The van der Waals surface area contributed by atoms with Crippen LogP contribution < -0.4 is 30.6 Å². The first kappa shape index (κ1) is 28.6. The minimum atomic E-state index is -1.17. The van der Waals surface area contributed by atoms with Gasteiger partial charge in [-0.3, -0.25) is 4.79 Å². The summed E-state index contributed by atoms with van der Waals surface area (Å²) in [6.45, 7) is 7.25. The van der Waals surface area contributed by atoms with E-state index in [0.29, 0.717) is 50.0 Å². The number of aryl methyl sites for hydroxylation is 1. The van der Waals surface area contributed by atoms with Crippen molar-refractivity contribution < 1.29 is 28.6 Å². The van der Waals surface area contributed by atoms with Gasteiger partial charge in [-0.1, -0.05) is 43.3 Å². The molecule has 0 saturated heterocycles. The first-order valence-electron chi connectivity index (χ1n) is 12.2. The van der Waals surface area contributed by atoms with Crippen molar-refractivity contribution in [2.45, 2.75) is 33.8 Å². The molecule has 13 heteroatoms. The number of thiazole rings is 1. The van der Waals surface area contributed by atoms with Gasteiger partial charge in [0.05, 0.1) is 21.3 Å². The van der Waals surface area contributed by atoms with Crippen molar-refractivity contribution >= 4 is 39.6 Å². The van der Waals surface area contributed by atoms with Crippen LogP contribution in [0.15, 0.2) is 34.9 Å². The summed E-state index contributed by atoms with van der Waals surface area (Å²) in [5.74, 6) is 1.66. The van der Waals surface area contributed by atoms with E-state index in [1.807, 2.05) is 13.0 Å². The van der Waals surface area contributed by atoms with Crippen molar-refractivity contribution in [2.75, 3.05) is 37.7 Å². The molecule has 1 amide bonds. The van der Waals surface area contributed by atoms with Crippen molar-refractivity contribution in [2.24, 2.45) is 5.41 Å². The Hall–Kier alpha value is -4.36. The summed E-state index contributed by atoms with van der Waals surface area (Å²) in [4.78, 5) is 21.9. The van der Waals surface area contributed by atoms with Gasteiger partial charge < -0.3 is 40.2 Å². The number of hydrogen-bond acceptors (Lipinski definition) is 12. The number of methoxy groups -OCH3 is 3. The topological polar surface area (TPSA) is 167 Å². The van der Waals surface area contributed by atoms with Gasteiger partial charge in [0.2, 0.25) is 11.6 Å². The molecule has 2 aromatic carbocycles. The zero-order valence-electron chi connectivity index (χ0n) is 23.3. The number of amides is 1. The number of rotatable bonds is 9. The molecule has 212 valence electrons. The molecule has 0 radical (unpaired) electrons. The van der Waals surface area contributed by atoms with Crippen LogP contribution in [0.2, 0.25) is 0 Å². The van der Waals surface area contributed by atoms with Gasteiger partial charge in [0.15, 0.2) is 16.6 Å². The minimum Gasteiger partial charge on any atom is -0.493 e. The summed E-state index contributed by atoms with van der Waals surface area (Å²) in [6, 6.07) is 8.79. The summed E-state index contributed by atoms with van der Waals surface area (Å²) in [5, 5.41) is 20.8. The Kier molecular flexibility index (Phi) is 8.16. The zero-order chi connectivity index (χ0) is 29.2. The molecular formula is C27H32N6O6S. The lowest BCUT2D eigenvalue weighted by molar-refractivity contribution is -0.129. The normalized spacial score (nSPS) is 12.1. The van der Waals surface area contributed by atoms with Crippen LogP contribution in [0.1, 0.15) is 26.3 Å². The van der Waals surface area contributed by atoms with Crippen LogP contribution in [0.25, 0.3) is 22.2 Å². The highest BCUT2D eigenvalue weighted by molar-refractivity contribution is 7.19. The number of aromatic nitrogens is 3. The van der Waals surface area contributed by atoms with E-state index in [4.69, 9.17) is 24.5 Å². The van der Waals surface area contributed by atoms with E-state index in [1.54, 1.807) is 45.0 Å². The van der Waals surface area contributed by atoms with Gasteiger partial charge in [-0.2, -0.15) is 4.98 Å². The van der Waals surface area contributed by atoms with Crippen LogP contribution in [-0.2, 0) is 4.79 Å². The molecule has 5 N–H and O–H groups in total. The number of carbonyl (C=O) groups is 1. The Morgan fingerprint density at radius 1 is 1.05 bits per heavy atom. The first-order chi connectivity index (χ1) is 18.9. The van der Waals surface area contributed by atoms with Crippen molar-refractivity contribution in [1.82, 2.24) is 15.1 Å². The van der Waals surface area contributed by atoms with Gasteiger partial charge in [0, 0.05) is 29.1 Å². The van der Waals surface area contributed by atoms with Gasteiger partial charge in [0.1, 0.15) is 16.8 Å². The summed E-state index contributed by atoms with van der Waals surface area (Å²) in [6.07, 6.45) is -1.17. The smallest absolute Gasteiger partial charge is 0.272 e. The van der Waals surface area contributed by atoms with Gasteiger partial charge in [-0.15, -0.1) is 0 Å². The maximum Gasteiger partial charge on any atom is 0.272 e. The van der Waals surface area contributed by atoms with Crippen LogP contribution in [0, 0.1) is 12.3 Å². The number of nitrogens with one attached hydrogen (secondary N) is 2. The van der Waals surface area contributed by atoms with Crippen LogP contribution in [0.5, 0.6) is 17.2 Å². The maximum absolute atomic E-state index is 12.5. The number of nitrogens with zero attached hydrogens (tertiary/aromatic N) is 3. The molecular weight excluding hydrogens is 536 g/mol. The highest BCUT2D eigenvalue weighted by atomic mass is 32.1. The van der Waals surface area contributed by atoms with Crippen LogP contribution in [0.4, 0.5) is 22.3 Å². The first-order valence-corrected chi connectivity index (χ1v) is 13.0. The van der Waals surface area contributed by atoms with E-state index in [9.17, 15) is 9.90 Å². The standard InChI is InChI=1S/C27H32N6O6S/c1-13-8-9-14(29-24(35)21(34)27(2,3)4)10-16(13)23-32-25(39-33-23)20-22(28)31-26(40-20)30-15-11-17(36-5)19(38-7)18(12-15)37-6/h8-12,21,34H,28H2,1-7H3,(H,29,35)(H,30,31)/t21-/m0/s1. The van der Waals surface area contributed by atoms with Gasteiger partial charge in [0.25, 0.3) is 11.8 Å². The van der Waals surface area contributed by atoms with E-state index in [-0.39, 0.29) is 11.7 Å². The van der Waals surface area contributed by atoms with Gasteiger partial charge >= 0.3 is 0 Å². The lowest BCUT2D eigenvalue weighted by Crippen LogP contribution is -2.38. The average Bonchev–Trinajstić information content (AvgIpc) is 3.54. The van der Waals surface area contributed by atoms with E-state index >= 15 is 0 Å². The molecule has 12 nitrogen and oxygen atoms in total. The summed E-state index contributed by atoms with van der Waals surface area (Å²) < 4.78 is 21.7. The quantitative estimate of drug-likeness (QED) is 0.218. The van der Waals surface area contributed by atoms with E-state index in [2.05, 4.69) is 25.8 Å². The average molecular weight is 569 g/mol. The third-order valence-corrected chi connectivity index (χ3v) is 6.98. The third kappa shape index (κ3) is 5.95. The predicted octanol–water partition coefficient (Wildman–Crippen LogP) is 4.87. The molecule has 2 aromatic heterocycles. The maximum atomic E-state index is 12.5. The number of nitrogen functional groups attached to an aromatic ring is 1. The predicted molar refractivity (Wildman–Crippen MR) is 153 cm³/mol. The Labute approximate surface area is 235 Å². The number of benzene rings is 2. The molecule has 0 aliphatic heterocycles. The number of nitrogens with two attached hydrogens (primary N) is 1. The zero-order valence-corrected chi connectivity index (χ0v) is 24.1. The lowest BCUT2D eigenvalue weighted by Gasteiger charge is -2.24. The Balaban J connectivity index is 1.58. The monoisotopic (exact) mass is 568 g/mol. The second-order valence-corrected chi connectivity index (χ2v) is 11.0. The van der Waals surface area contributed by atoms with Crippen LogP contribution in [-0.4, -0.2) is 53.6 Å². The van der Waals surface area contributed by atoms with Gasteiger partial charge in [-0.25, -0.2) is 4.98 Å². The lowest BCUT2D eigenvalue weighted by atomic mass is 9.88. The van der Waals surface area contributed by atoms with Crippen LogP contribution >= 0.6 is 11.3 Å². The van der Waals surface area contributed by atoms with Crippen molar-refractivity contribution in [3.63, 3.8) is 0 Å². The molecule has 0 bridgehead atoms. The minimum absolute atomic E-state index is 0.194. The fraction of sp³-hybridized carbons (Fsp3) is 0.333. The number of ether oxygens (including phenoxy) is 3. The Bertz CT molecular complexity index is 1500. The van der Waals surface area contributed by atoms with Crippen LogP contribution in [0.3, 0.4) is 0 Å². The van der Waals surface area contributed by atoms with E-state index in [0.717, 1.165) is 5.56 Å². The molecule has 4 aromatic rings. The molecule has 4 rings (SSSR count). The molecule has 40 heavy (non-hydrogen) atoms. The SMILES string of the molecule is COc1cc(Nc2nc(N)c(-c3nc(-c4cc(NC(=O)[C@H](O)C(C)(C)C)ccc4C)no3)s2)cc(OC)c1OC. The molecule has 0 saturated carbocycles. The Morgan fingerprint density at radius 2 is 1.73 bits per heavy atom. The van der Waals surface area contributed by atoms with Crippen molar-refractivity contribution in [1.29, 1.82) is 0 Å². The molecule has 2 heterocycles. The van der Waals surface area contributed by atoms with Gasteiger partial charge in [-0.05, 0) is 30.0 Å². The molecule has 0 aliphatic rings. The highest BCUT2D eigenvalue weighted by Gasteiger charge is 2.29. The number of aliphatic hydroxyl groups is 1. The highest BCUT2D eigenvalue weighted by Crippen LogP contribution is 2.42. The fourth-order valence-electron chi connectivity index (χ4n) is 3.79. The molecule has 0 fully saturated rings. The molecule has 0 aliphatic carbocycles. The number of carbonyl (C=O) groups excluding carboxylic acids is 1. The number of anilines is 4. The van der Waals surface area contributed by atoms with E-state index < -0.39 is 17.4 Å². The fourth-order valence-corrected chi connectivity index (χ4v) is 4.61. The summed E-state index contributed by atoms with van der Waals surface area (Å²) in [5.41, 5.74) is 8.25. The number of aliphatic hydroxyl groups excluding tert-OH is 1. The largest absolute Gasteiger partial charge is 0.493 e. The summed E-state index contributed by atoms with van der Waals surface area (Å²) >= 11 is 1.23. The van der Waals surface area contributed by atoms with E-state index in [1.165, 1.54) is 32.7 Å². The molecule has 0 spiro atoms. The van der Waals surface area contributed by atoms with Crippen molar-refractivity contribution in [3.05, 3.63) is 35.9 Å². The molecule has 1 atom stereocenters. The second kappa shape index (κ2) is 11.4. The number of hydrogen-bond donors (Lipinski definition) is 4. The third-order valence-electron chi connectivity index (χ3n) is 6.00. The van der Waals surface area contributed by atoms with Crippen molar-refractivity contribution in [3.8, 4) is 39.4 Å².